The van der Waals surface area contributed by atoms with Gasteiger partial charge in [-0.2, -0.15) is 0 Å². The Morgan fingerprint density at radius 1 is 1.30 bits per heavy atom. The highest BCUT2D eigenvalue weighted by Gasteiger charge is 2.22. The number of nitrogens with zero attached hydrogens (tertiary/aromatic N) is 3. The van der Waals surface area contributed by atoms with Crippen LogP contribution in [-0.4, -0.2) is 43.3 Å². The largest absolute Gasteiger partial charge is 0.381 e. The molecule has 1 aliphatic heterocycles. The van der Waals surface area contributed by atoms with E-state index in [1.165, 1.54) is 0 Å². The van der Waals surface area contributed by atoms with E-state index in [-0.39, 0.29) is 0 Å². The van der Waals surface area contributed by atoms with Crippen molar-refractivity contribution in [2.75, 3.05) is 37.5 Å². The first-order valence-electron chi connectivity index (χ1n) is 7.52. The van der Waals surface area contributed by atoms with Crippen LogP contribution in [0.15, 0.2) is 0 Å². The molecule has 0 bridgehead atoms. The lowest BCUT2D eigenvalue weighted by Gasteiger charge is -2.33. The van der Waals surface area contributed by atoms with Gasteiger partial charge in [-0.25, -0.2) is 9.97 Å². The Bertz CT molecular complexity index is 442. The van der Waals surface area contributed by atoms with Crippen molar-refractivity contribution >= 4 is 11.6 Å². The molecule has 0 spiro atoms. The lowest BCUT2D eigenvalue weighted by Crippen LogP contribution is -2.37. The summed E-state index contributed by atoms with van der Waals surface area (Å²) in [6.45, 7) is 6.27. The van der Waals surface area contributed by atoms with E-state index in [0.717, 1.165) is 61.8 Å². The van der Waals surface area contributed by atoms with Crippen molar-refractivity contribution < 1.29 is 4.74 Å². The summed E-state index contributed by atoms with van der Waals surface area (Å²) in [7, 11) is 3.72. The third-order valence-electron chi connectivity index (χ3n) is 3.95. The predicted molar refractivity (Wildman–Crippen MR) is 82.6 cm³/mol. The molecule has 1 saturated heterocycles. The molecule has 112 valence electrons. The summed E-state index contributed by atoms with van der Waals surface area (Å²) >= 11 is 0. The molecule has 1 fully saturated rings. The van der Waals surface area contributed by atoms with Crippen LogP contribution >= 0.6 is 0 Å². The molecule has 2 rings (SSSR count). The van der Waals surface area contributed by atoms with Crippen LogP contribution in [0.5, 0.6) is 0 Å². The topological polar surface area (TPSA) is 50.3 Å². The molecule has 2 heterocycles. The van der Waals surface area contributed by atoms with Crippen LogP contribution in [0.1, 0.15) is 37.6 Å². The number of ether oxygens (including phenoxy) is 1. The molecule has 1 aromatic heterocycles. The lowest BCUT2D eigenvalue weighted by molar-refractivity contribution is 0.0817. The number of methoxy groups -OCH3 is 1. The van der Waals surface area contributed by atoms with E-state index >= 15 is 0 Å². The van der Waals surface area contributed by atoms with Gasteiger partial charge in [0.25, 0.3) is 0 Å². The van der Waals surface area contributed by atoms with Crippen molar-refractivity contribution in [3.05, 3.63) is 11.4 Å². The maximum atomic E-state index is 5.44. The lowest BCUT2D eigenvalue weighted by atomic mass is 10.1. The molecular formula is C15H26N4O. The molecule has 5 nitrogen and oxygen atoms in total. The number of aryl methyl sites for hydroxylation is 1. The molecule has 0 radical (unpaired) electrons. The smallest absolute Gasteiger partial charge is 0.137 e. The molecule has 1 aromatic rings. The standard InChI is InChI=1S/C15H26N4O/c1-5-6-13-17-14(16-3)11(2)15(18-13)19-9-7-12(20-4)8-10-19/h12H,5-10H2,1-4H3,(H,16,17,18). The van der Waals surface area contributed by atoms with Gasteiger partial charge in [0.15, 0.2) is 0 Å². The molecular weight excluding hydrogens is 252 g/mol. The van der Waals surface area contributed by atoms with Crippen molar-refractivity contribution in [2.24, 2.45) is 0 Å². The molecule has 0 unspecified atom stereocenters. The summed E-state index contributed by atoms with van der Waals surface area (Å²) in [5.74, 6) is 2.97. The number of anilines is 2. The van der Waals surface area contributed by atoms with Crippen molar-refractivity contribution in [2.45, 2.75) is 45.6 Å². The second-order valence-electron chi connectivity index (χ2n) is 5.36. The first-order valence-corrected chi connectivity index (χ1v) is 7.52. The van der Waals surface area contributed by atoms with Crippen LogP contribution in [-0.2, 0) is 11.2 Å². The van der Waals surface area contributed by atoms with Gasteiger partial charge in [-0.05, 0) is 26.2 Å². The number of nitrogens with one attached hydrogen (secondary N) is 1. The van der Waals surface area contributed by atoms with Gasteiger partial charge in [0, 0.05) is 39.2 Å². The summed E-state index contributed by atoms with van der Waals surface area (Å²) < 4.78 is 5.44. The van der Waals surface area contributed by atoms with Gasteiger partial charge < -0.3 is 15.0 Å². The average molecular weight is 278 g/mol. The van der Waals surface area contributed by atoms with Gasteiger partial charge >= 0.3 is 0 Å². The number of hydrogen-bond donors (Lipinski definition) is 1. The highest BCUT2D eigenvalue weighted by molar-refractivity contribution is 5.58. The van der Waals surface area contributed by atoms with Crippen LogP contribution < -0.4 is 10.2 Å². The fourth-order valence-corrected chi connectivity index (χ4v) is 2.74. The third-order valence-corrected chi connectivity index (χ3v) is 3.95. The second-order valence-corrected chi connectivity index (χ2v) is 5.36. The molecule has 1 aliphatic rings. The third kappa shape index (κ3) is 3.20. The zero-order valence-corrected chi connectivity index (χ0v) is 13.1. The van der Waals surface area contributed by atoms with Gasteiger partial charge in [0.05, 0.1) is 6.10 Å². The van der Waals surface area contributed by atoms with E-state index in [4.69, 9.17) is 9.72 Å². The SMILES string of the molecule is CCCc1nc(NC)c(C)c(N2CCC(OC)CC2)n1. The monoisotopic (exact) mass is 278 g/mol. The molecule has 0 atom stereocenters. The van der Waals surface area contributed by atoms with Crippen LogP contribution in [0.3, 0.4) is 0 Å². The Hall–Kier alpha value is -1.36. The summed E-state index contributed by atoms with van der Waals surface area (Å²) in [6, 6.07) is 0. The Kier molecular flexibility index (Phi) is 5.17. The minimum Gasteiger partial charge on any atom is -0.381 e. The maximum absolute atomic E-state index is 5.44. The summed E-state index contributed by atoms with van der Waals surface area (Å²) in [5, 5.41) is 3.19. The summed E-state index contributed by atoms with van der Waals surface area (Å²) in [4.78, 5) is 11.7. The zero-order valence-electron chi connectivity index (χ0n) is 13.1. The predicted octanol–water partition coefficient (Wildman–Crippen LogP) is 2.39. The van der Waals surface area contributed by atoms with E-state index in [2.05, 4.69) is 29.0 Å². The van der Waals surface area contributed by atoms with Crippen LogP contribution in [0.25, 0.3) is 0 Å². The van der Waals surface area contributed by atoms with E-state index in [1.54, 1.807) is 7.11 Å². The van der Waals surface area contributed by atoms with Crippen molar-refractivity contribution in [3.63, 3.8) is 0 Å². The zero-order chi connectivity index (χ0) is 14.5. The van der Waals surface area contributed by atoms with Gasteiger partial charge in [-0.15, -0.1) is 0 Å². The number of rotatable bonds is 5. The van der Waals surface area contributed by atoms with Crippen molar-refractivity contribution in [1.82, 2.24) is 9.97 Å². The Labute approximate surface area is 121 Å². The number of hydrogen-bond acceptors (Lipinski definition) is 5. The first kappa shape index (κ1) is 15.0. The van der Waals surface area contributed by atoms with Gasteiger partial charge in [-0.3, -0.25) is 0 Å². The quantitative estimate of drug-likeness (QED) is 0.896. The van der Waals surface area contributed by atoms with Crippen LogP contribution in [0, 0.1) is 6.92 Å². The number of aromatic nitrogens is 2. The highest BCUT2D eigenvalue weighted by Crippen LogP contribution is 2.26. The number of piperidine rings is 1. The Morgan fingerprint density at radius 3 is 2.55 bits per heavy atom. The fourth-order valence-electron chi connectivity index (χ4n) is 2.74. The van der Waals surface area contributed by atoms with E-state index in [1.807, 2.05) is 7.05 Å². The maximum Gasteiger partial charge on any atom is 0.137 e. The molecule has 0 aliphatic carbocycles. The van der Waals surface area contributed by atoms with Crippen molar-refractivity contribution in [1.29, 1.82) is 0 Å². The minimum atomic E-state index is 0.396. The minimum absolute atomic E-state index is 0.396. The first-order chi connectivity index (χ1) is 9.69. The second kappa shape index (κ2) is 6.88. The molecule has 5 heteroatoms. The highest BCUT2D eigenvalue weighted by atomic mass is 16.5. The molecule has 0 aromatic carbocycles. The van der Waals surface area contributed by atoms with E-state index in [0.29, 0.717) is 6.10 Å². The van der Waals surface area contributed by atoms with Gasteiger partial charge in [0.1, 0.15) is 17.5 Å². The Balaban J connectivity index is 2.23. The van der Waals surface area contributed by atoms with Gasteiger partial charge in [0.2, 0.25) is 0 Å². The summed E-state index contributed by atoms with van der Waals surface area (Å²) in [5.41, 5.74) is 1.14. The average Bonchev–Trinajstić information content (AvgIpc) is 2.49. The molecule has 0 saturated carbocycles. The normalized spacial score (nSPS) is 16.5. The van der Waals surface area contributed by atoms with Gasteiger partial charge in [-0.1, -0.05) is 6.92 Å². The van der Waals surface area contributed by atoms with E-state index in [9.17, 15) is 0 Å². The molecule has 20 heavy (non-hydrogen) atoms. The fraction of sp³-hybridized carbons (Fsp3) is 0.733. The molecule has 0 amide bonds. The van der Waals surface area contributed by atoms with Crippen LogP contribution in [0.4, 0.5) is 11.6 Å². The molecule has 1 N–H and O–H groups in total. The van der Waals surface area contributed by atoms with Crippen molar-refractivity contribution in [3.8, 4) is 0 Å². The summed E-state index contributed by atoms with van der Waals surface area (Å²) in [6.07, 6.45) is 4.52. The Morgan fingerprint density at radius 2 is 2.00 bits per heavy atom. The van der Waals surface area contributed by atoms with E-state index < -0.39 is 0 Å². The van der Waals surface area contributed by atoms with Crippen LogP contribution in [0.2, 0.25) is 0 Å².